The predicted molar refractivity (Wildman–Crippen MR) is 244 cm³/mol. The van der Waals surface area contributed by atoms with E-state index in [1.807, 2.05) is 65.1 Å². The van der Waals surface area contributed by atoms with E-state index in [0.717, 1.165) is 90.4 Å². The summed E-state index contributed by atoms with van der Waals surface area (Å²) >= 11 is 0. The maximum atomic E-state index is 13.0. The number of urea groups is 1. The quantitative estimate of drug-likeness (QED) is 0.127. The number of anilines is 3. The molecule has 6 aromatic rings. The Morgan fingerprint density at radius 3 is 2.17 bits per heavy atom. The van der Waals surface area contributed by atoms with Crippen LogP contribution in [0.4, 0.5) is 21.9 Å². The number of rotatable bonds is 10. The summed E-state index contributed by atoms with van der Waals surface area (Å²) in [6, 6.07) is 24.7. The van der Waals surface area contributed by atoms with Crippen molar-refractivity contribution in [1.29, 1.82) is 0 Å². The Kier molecular flexibility index (Phi) is 11.4. The van der Waals surface area contributed by atoms with Crippen molar-refractivity contribution in [3.8, 4) is 22.4 Å². The number of aryl methyl sites for hydroxylation is 1. The van der Waals surface area contributed by atoms with E-state index in [4.69, 9.17) is 9.51 Å². The van der Waals surface area contributed by atoms with Gasteiger partial charge in [0.15, 0.2) is 5.65 Å². The van der Waals surface area contributed by atoms with Gasteiger partial charge in [-0.25, -0.2) is 9.78 Å². The number of fused-ring (bicyclic) bond motifs is 1. The number of hydrogen-bond donors (Lipinski definition) is 3. The summed E-state index contributed by atoms with van der Waals surface area (Å²) in [7, 11) is 0. The van der Waals surface area contributed by atoms with Gasteiger partial charge >= 0.3 is 6.03 Å². The maximum absolute atomic E-state index is 13.0. The number of pyridine rings is 1. The molecule has 326 valence electrons. The van der Waals surface area contributed by atoms with Gasteiger partial charge in [0.05, 0.1) is 11.7 Å². The van der Waals surface area contributed by atoms with Crippen molar-refractivity contribution in [2.75, 3.05) is 67.1 Å². The van der Waals surface area contributed by atoms with E-state index in [1.165, 1.54) is 24.2 Å². The number of nitrogens with one attached hydrogen (secondary N) is 3. The van der Waals surface area contributed by atoms with Crippen LogP contribution in [0.2, 0.25) is 0 Å². The smallest absolute Gasteiger partial charge is 0.328 e. The number of amides is 4. The van der Waals surface area contributed by atoms with Gasteiger partial charge in [-0.05, 0) is 97.8 Å². The zero-order chi connectivity index (χ0) is 43.8. The number of imide groups is 1. The Balaban J connectivity index is 0.767. The van der Waals surface area contributed by atoms with E-state index >= 15 is 0 Å². The summed E-state index contributed by atoms with van der Waals surface area (Å²) in [6.45, 7) is 17.5. The molecule has 3 saturated heterocycles. The molecule has 15 heteroatoms. The molecule has 63 heavy (non-hydrogen) atoms. The van der Waals surface area contributed by atoms with E-state index in [9.17, 15) is 14.4 Å². The van der Waals surface area contributed by atoms with Crippen LogP contribution in [0, 0.1) is 12.8 Å². The number of piperidine rings is 1. The van der Waals surface area contributed by atoms with Gasteiger partial charge in [0, 0.05) is 104 Å². The number of piperazine rings is 1. The Hall–Kier alpha value is -6.61. The molecule has 3 fully saturated rings. The third-order valence-corrected chi connectivity index (χ3v) is 12.7. The van der Waals surface area contributed by atoms with Crippen molar-refractivity contribution in [2.45, 2.75) is 65.3 Å². The molecule has 0 aliphatic carbocycles. The average Bonchev–Trinajstić information content (AvgIpc) is 3.96. The summed E-state index contributed by atoms with van der Waals surface area (Å²) in [5.41, 5.74) is 9.56. The van der Waals surface area contributed by atoms with Gasteiger partial charge in [-0.2, -0.15) is 10.1 Å². The molecule has 3 aromatic carbocycles. The minimum atomic E-state index is -0.381. The lowest BCUT2D eigenvalue weighted by molar-refractivity contribution is -0.120. The van der Waals surface area contributed by atoms with Gasteiger partial charge in [-0.1, -0.05) is 50.2 Å². The second-order valence-corrected chi connectivity index (χ2v) is 18.2. The fourth-order valence-electron chi connectivity index (χ4n) is 9.00. The van der Waals surface area contributed by atoms with Gasteiger partial charge < -0.3 is 19.6 Å². The van der Waals surface area contributed by atoms with Gasteiger partial charge in [-0.15, -0.1) is 0 Å². The van der Waals surface area contributed by atoms with E-state index < -0.39 is 0 Å². The van der Waals surface area contributed by atoms with Crippen LogP contribution in [-0.4, -0.2) is 100 Å². The molecule has 9 rings (SSSR count). The van der Waals surface area contributed by atoms with Crippen molar-refractivity contribution >= 4 is 45.9 Å². The topological polar surface area (TPSA) is 169 Å². The summed E-state index contributed by atoms with van der Waals surface area (Å²) in [5, 5.41) is 18.0. The highest BCUT2D eigenvalue weighted by molar-refractivity contribution is 6.05. The molecule has 4 amide bonds. The molecular weight excluding hydrogens is 795 g/mol. The lowest BCUT2D eigenvalue weighted by Crippen LogP contribution is -2.49. The largest absolute Gasteiger partial charge is 0.372 e. The fourth-order valence-corrected chi connectivity index (χ4v) is 9.00. The van der Waals surface area contributed by atoms with Gasteiger partial charge in [-0.3, -0.25) is 29.8 Å². The third-order valence-electron chi connectivity index (χ3n) is 12.7. The highest BCUT2D eigenvalue weighted by Crippen LogP contribution is 2.33. The summed E-state index contributed by atoms with van der Waals surface area (Å²) in [5.74, 6) is 0.530. The molecule has 1 atom stereocenters. The van der Waals surface area contributed by atoms with Crippen LogP contribution in [0.3, 0.4) is 0 Å². The number of benzene rings is 3. The van der Waals surface area contributed by atoms with Crippen molar-refractivity contribution < 1.29 is 18.9 Å². The number of hydrogen-bond acceptors (Lipinski definition) is 11. The van der Waals surface area contributed by atoms with Crippen molar-refractivity contribution in [1.82, 2.24) is 40.9 Å². The first kappa shape index (κ1) is 41.7. The average molecular weight is 850 g/mol. The van der Waals surface area contributed by atoms with Crippen LogP contribution in [0.15, 0.2) is 83.5 Å². The first-order valence-electron chi connectivity index (χ1n) is 22.0. The van der Waals surface area contributed by atoms with Crippen molar-refractivity contribution in [2.24, 2.45) is 5.92 Å². The molecular formula is C48H55N11O4. The van der Waals surface area contributed by atoms with Gasteiger partial charge in [0.25, 0.3) is 11.7 Å². The lowest BCUT2D eigenvalue weighted by Gasteiger charge is -2.40. The molecule has 0 spiro atoms. The molecule has 3 aliphatic heterocycles. The first-order valence-corrected chi connectivity index (χ1v) is 22.0. The second-order valence-electron chi connectivity index (χ2n) is 18.2. The van der Waals surface area contributed by atoms with E-state index in [0.29, 0.717) is 30.4 Å². The molecule has 1 unspecified atom stereocenters. The van der Waals surface area contributed by atoms with Crippen LogP contribution >= 0.6 is 0 Å². The minimum absolute atomic E-state index is 0.0248. The third kappa shape index (κ3) is 9.01. The lowest BCUT2D eigenvalue weighted by atomic mass is 9.95. The summed E-state index contributed by atoms with van der Waals surface area (Å²) in [4.78, 5) is 54.9. The highest BCUT2D eigenvalue weighted by Gasteiger charge is 2.28. The Labute approximate surface area is 367 Å². The van der Waals surface area contributed by atoms with Crippen LogP contribution in [-0.2, 0) is 10.2 Å². The summed E-state index contributed by atoms with van der Waals surface area (Å²) < 4.78 is 5.32. The number of carbonyl (C=O) groups excluding carboxylic acids is 3. The normalized spacial score (nSPS) is 17.3. The number of nitrogens with zero attached hydrogens (tertiary/aromatic N) is 8. The fraction of sp³-hybridized carbons (Fsp3) is 0.396. The maximum Gasteiger partial charge on any atom is 0.328 e. The Bertz CT molecular complexity index is 2620. The number of carbonyl (C=O) groups is 3. The minimum Gasteiger partial charge on any atom is -0.372 e. The predicted octanol–water partition coefficient (Wildman–Crippen LogP) is 7.26. The Morgan fingerprint density at radius 1 is 0.841 bits per heavy atom. The number of aromatic nitrogens is 5. The molecule has 6 heterocycles. The summed E-state index contributed by atoms with van der Waals surface area (Å²) in [6.07, 6.45) is 4.56. The van der Waals surface area contributed by atoms with Crippen LogP contribution < -0.4 is 25.3 Å². The van der Waals surface area contributed by atoms with Crippen molar-refractivity contribution in [3.05, 3.63) is 102 Å². The zero-order valence-electron chi connectivity index (χ0n) is 36.6. The Morgan fingerprint density at radius 2 is 1.51 bits per heavy atom. The molecule has 0 saturated carbocycles. The van der Waals surface area contributed by atoms with Crippen LogP contribution in [0.1, 0.15) is 80.6 Å². The number of aromatic amines is 1. The van der Waals surface area contributed by atoms with Gasteiger partial charge in [0.1, 0.15) is 0 Å². The molecule has 3 aliphatic rings. The monoisotopic (exact) mass is 849 g/mol. The zero-order valence-corrected chi connectivity index (χ0v) is 36.6. The molecule has 0 radical (unpaired) electrons. The van der Waals surface area contributed by atoms with Crippen molar-refractivity contribution in [3.63, 3.8) is 0 Å². The number of H-pyrrole nitrogens is 1. The van der Waals surface area contributed by atoms with Gasteiger partial charge in [0.2, 0.25) is 11.8 Å². The second kappa shape index (κ2) is 17.3. The molecule has 3 aromatic heterocycles. The molecule has 15 nitrogen and oxygen atoms in total. The molecule has 0 bridgehead atoms. The van der Waals surface area contributed by atoms with E-state index in [-0.39, 0.29) is 35.1 Å². The van der Waals surface area contributed by atoms with E-state index in [1.54, 1.807) is 4.90 Å². The molecule has 3 N–H and O–H groups in total. The first-order chi connectivity index (χ1) is 30.4. The SMILES string of the molecule is Cc1cc(-c2[nH]nc3ncc(-c4ccc(N5CCC(CN6CCN(c7ccc(N8CCC(=O)NC8=O)cc7)CC6)CC5)cc4)cc23)ccc1C(C)NC(=O)c1noc(C(C)(C)C)n1. The van der Waals surface area contributed by atoms with Crippen LogP contribution in [0.5, 0.6) is 0 Å². The standard InChI is InChI=1S/C48H55N11O4/c1-30-26-34(8-15-39(30)31(2)50-45(61)44-52-46(63-55-44)48(3,4)5)42-40-27-35(28-49-43(40)54-53-42)33-6-9-36(10-7-33)57-19-16-32(17-20-57)29-56-22-24-58(25-23-56)37-11-13-38(14-12-37)59-21-18-41(60)51-47(59)62/h6-15,26-28,31-32H,16-25,29H2,1-5H3,(H,50,61)(H,49,53,54)(H,51,60,62). The van der Waals surface area contributed by atoms with E-state index in [2.05, 4.69) is 94.2 Å². The highest BCUT2D eigenvalue weighted by atomic mass is 16.5. The van der Waals surface area contributed by atoms with Crippen LogP contribution in [0.25, 0.3) is 33.4 Å².